The van der Waals surface area contributed by atoms with E-state index in [1.807, 2.05) is 13.0 Å². The van der Waals surface area contributed by atoms with E-state index in [0.717, 1.165) is 11.3 Å². The fraction of sp³-hybridized carbons (Fsp3) is 0.562. The molecule has 0 bridgehead atoms. The largest absolute Gasteiger partial charge is 0.465 e. The molecule has 0 saturated carbocycles. The summed E-state index contributed by atoms with van der Waals surface area (Å²) in [6.45, 7) is 8.26. The molecule has 5 nitrogen and oxygen atoms in total. The molecule has 1 unspecified atom stereocenters. The second-order valence-electron chi connectivity index (χ2n) is 6.32. The molecule has 1 atom stereocenters. The number of esters is 1. The maximum absolute atomic E-state index is 11.8. The summed E-state index contributed by atoms with van der Waals surface area (Å²) < 4.78 is 4.76. The van der Waals surface area contributed by atoms with Crippen LogP contribution >= 0.6 is 0 Å². The van der Waals surface area contributed by atoms with E-state index in [9.17, 15) is 9.90 Å². The number of carbonyl (C=O) groups is 1. The Morgan fingerprint density at radius 1 is 1.43 bits per heavy atom. The predicted molar refractivity (Wildman–Crippen MR) is 85.5 cm³/mol. The molecule has 1 rings (SSSR count). The molecule has 0 radical (unpaired) electrons. The van der Waals surface area contributed by atoms with E-state index in [1.165, 1.54) is 7.11 Å². The van der Waals surface area contributed by atoms with Crippen LogP contribution in [0.15, 0.2) is 12.1 Å². The Kier molecular flexibility index (Phi) is 5.61. The first-order chi connectivity index (χ1) is 9.70. The van der Waals surface area contributed by atoms with E-state index in [1.54, 1.807) is 6.07 Å². The molecule has 0 spiro atoms. The van der Waals surface area contributed by atoms with Crippen molar-refractivity contribution in [2.75, 3.05) is 24.8 Å². The van der Waals surface area contributed by atoms with E-state index >= 15 is 0 Å². The Morgan fingerprint density at radius 3 is 2.52 bits per heavy atom. The number of rotatable bonds is 5. The number of benzene rings is 1. The van der Waals surface area contributed by atoms with Crippen molar-refractivity contribution in [1.29, 1.82) is 0 Å². The second-order valence-corrected chi connectivity index (χ2v) is 6.32. The molecule has 0 aliphatic rings. The number of hydrogen-bond donors (Lipinski definition) is 3. The van der Waals surface area contributed by atoms with Gasteiger partial charge < -0.3 is 20.9 Å². The molecular formula is C16H26N2O3. The zero-order valence-electron chi connectivity index (χ0n) is 13.5. The molecule has 0 amide bonds. The van der Waals surface area contributed by atoms with Crippen LogP contribution in [0, 0.1) is 12.3 Å². The lowest BCUT2D eigenvalue weighted by molar-refractivity contribution is 0.0602. The number of ether oxygens (including phenoxy) is 1. The number of methoxy groups -OCH3 is 1. The van der Waals surface area contributed by atoms with Gasteiger partial charge in [0, 0.05) is 24.0 Å². The first-order valence-corrected chi connectivity index (χ1v) is 7.06. The van der Waals surface area contributed by atoms with Crippen LogP contribution in [-0.2, 0) is 4.74 Å². The summed E-state index contributed by atoms with van der Waals surface area (Å²) in [4.78, 5) is 11.8. The van der Waals surface area contributed by atoms with Gasteiger partial charge >= 0.3 is 5.97 Å². The Morgan fingerprint density at radius 2 is 2.05 bits per heavy atom. The van der Waals surface area contributed by atoms with Crippen molar-refractivity contribution < 1.29 is 14.6 Å². The van der Waals surface area contributed by atoms with Gasteiger partial charge in [0.25, 0.3) is 0 Å². The minimum atomic E-state index is -0.450. The Labute approximate surface area is 126 Å². The summed E-state index contributed by atoms with van der Waals surface area (Å²) in [6, 6.07) is 3.68. The summed E-state index contributed by atoms with van der Waals surface area (Å²) in [5.74, 6) is -0.450. The fourth-order valence-corrected chi connectivity index (χ4v) is 2.21. The van der Waals surface area contributed by atoms with E-state index < -0.39 is 5.97 Å². The SMILES string of the molecule is COC(=O)c1cc(NC(CCO)C(C)(C)C)cc(C)c1N. The smallest absolute Gasteiger partial charge is 0.340 e. The highest BCUT2D eigenvalue weighted by Gasteiger charge is 2.24. The van der Waals surface area contributed by atoms with Crippen molar-refractivity contribution in [1.82, 2.24) is 0 Å². The number of aliphatic hydroxyl groups is 1. The highest BCUT2D eigenvalue weighted by Crippen LogP contribution is 2.29. The molecule has 5 heteroatoms. The number of nitrogen functional groups attached to an aromatic ring is 1. The highest BCUT2D eigenvalue weighted by atomic mass is 16.5. The van der Waals surface area contributed by atoms with E-state index in [2.05, 4.69) is 26.1 Å². The number of nitrogens with one attached hydrogen (secondary N) is 1. The van der Waals surface area contributed by atoms with Crippen LogP contribution < -0.4 is 11.1 Å². The average molecular weight is 294 g/mol. The van der Waals surface area contributed by atoms with Gasteiger partial charge in [-0.3, -0.25) is 0 Å². The average Bonchev–Trinajstić information content (AvgIpc) is 2.40. The number of nitrogens with two attached hydrogens (primary N) is 1. The first-order valence-electron chi connectivity index (χ1n) is 7.06. The predicted octanol–water partition coefficient (Wildman–Crippen LogP) is 2.57. The molecule has 0 heterocycles. The molecule has 0 aromatic heterocycles. The molecular weight excluding hydrogens is 268 g/mol. The molecule has 0 aliphatic heterocycles. The van der Waals surface area contributed by atoms with E-state index in [-0.39, 0.29) is 18.1 Å². The summed E-state index contributed by atoms with van der Waals surface area (Å²) in [5, 5.41) is 12.6. The number of aryl methyl sites for hydroxylation is 1. The summed E-state index contributed by atoms with van der Waals surface area (Å²) in [5.41, 5.74) is 8.32. The van der Waals surface area contributed by atoms with Crippen molar-refractivity contribution in [2.24, 2.45) is 5.41 Å². The van der Waals surface area contributed by atoms with Gasteiger partial charge in [0.15, 0.2) is 0 Å². The van der Waals surface area contributed by atoms with Crippen LogP contribution in [0.4, 0.5) is 11.4 Å². The van der Waals surface area contributed by atoms with Gasteiger partial charge in [-0.05, 0) is 36.5 Å². The number of carbonyl (C=O) groups excluding carboxylic acids is 1. The molecule has 1 aromatic rings. The maximum atomic E-state index is 11.8. The lowest BCUT2D eigenvalue weighted by Crippen LogP contribution is -2.35. The van der Waals surface area contributed by atoms with Crippen molar-refractivity contribution in [3.63, 3.8) is 0 Å². The van der Waals surface area contributed by atoms with Gasteiger partial charge in [0.05, 0.1) is 12.7 Å². The van der Waals surface area contributed by atoms with E-state index in [0.29, 0.717) is 17.7 Å². The van der Waals surface area contributed by atoms with Gasteiger partial charge in [0.1, 0.15) is 0 Å². The van der Waals surface area contributed by atoms with Crippen LogP contribution in [0.1, 0.15) is 43.1 Å². The molecule has 21 heavy (non-hydrogen) atoms. The minimum Gasteiger partial charge on any atom is -0.465 e. The molecule has 0 fully saturated rings. The molecule has 4 N–H and O–H groups in total. The normalized spacial score (nSPS) is 12.9. The summed E-state index contributed by atoms with van der Waals surface area (Å²) >= 11 is 0. The van der Waals surface area contributed by atoms with Gasteiger partial charge in [-0.25, -0.2) is 4.79 Å². The fourth-order valence-electron chi connectivity index (χ4n) is 2.21. The van der Waals surface area contributed by atoms with Crippen LogP contribution in [0.2, 0.25) is 0 Å². The topological polar surface area (TPSA) is 84.6 Å². The maximum Gasteiger partial charge on any atom is 0.340 e. The number of hydrogen-bond acceptors (Lipinski definition) is 5. The standard InChI is InChI=1S/C16H26N2O3/c1-10-8-11(9-12(14(10)17)15(20)21-5)18-13(6-7-19)16(2,3)4/h8-9,13,18-19H,6-7,17H2,1-5H3. The second kappa shape index (κ2) is 6.80. The highest BCUT2D eigenvalue weighted by molar-refractivity contribution is 5.97. The van der Waals surface area contributed by atoms with Crippen molar-refractivity contribution >= 4 is 17.3 Å². The number of anilines is 2. The lowest BCUT2D eigenvalue weighted by atomic mass is 9.84. The third-order valence-corrected chi connectivity index (χ3v) is 3.60. The monoisotopic (exact) mass is 294 g/mol. The molecule has 0 aliphatic carbocycles. The van der Waals surface area contributed by atoms with E-state index in [4.69, 9.17) is 10.5 Å². The van der Waals surface area contributed by atoms with Crippen LogP contribution in [0.3, 0.4) is 0 Å². The first kappa shape index (κ1) is 17.3. The van der Waals surface area contributed by atoms with Crippen LogP contribution in [0.25, 0.3) is 0 Å². The Hall–Kier alpha value is -1.75. The molecule has 118 valence electrons. The quantitative estimate of drug-likeness (QED) is 0.574. The van der Waals surface area contributed by atoms with Gasteiger partial charge in [-0.2, -0.15) is 0 Å². The molecule has 0 saturated heterocycles. The van der Waals surface area contributed by atoms with Gasteiger partial charge in [-0.15, -0.1) is 0 Å². The minimum absolute atomic E-state index is 0.0244. The molecule has 1 aromatic carbocycles. The third-order valence-electron chi connectivity index (χ3n) is 3.60. The van der Waals surface area contributed by atoms with Crippen molar-refractivity contribution in [3.8, 4) is 0 Å². The number of aliphatic hydroxyl groups excluding tert-OH is 1. The van der Waals surface area contributed by atoms with Crippen molar-refractivity contribution in [3.05, 3.63) is 23.3 Å². The van der Waals surface area contributed by atoms with Gasteiger partial charge in [0.2, 0.25) is 0 Å². The third kappa shape index (κ3) is 4.36. The van der Waals surface area contributed by atoms with Crippen molar-refractivity contribution in [2.45, 2.75) is 40.2 Å². The Bertz CT molecular complexity index is 507. The summed E-state index contributed by atoms with van der Waals surface area (Å²) in [6.07, 6.45) is 0.625. The van der Waals surface area contributed by atoms with Gasteiger partial charge in [-0.1, -0.05) is 20.8 Å². The zero-order chi connectivity index (χ0) is 16.2. The summed E-state index contributed by atoms with van der Waals surface area (Å²) in [7, 11) is 1.33. The zero-order valence-corrected chi connectivity index (χ0v) is 13.5. The lowest BCUT2D eigenvalue weighted by Gasteiger charge is -2.32. The van der Waals surface area contributed by atoms with Crippen LogP contribution in [0.5, 0.6) is 0 Å². The Balaban J connectivity index is 3.13. The van der Waals surface area contributed by atoms with Crippen LogP contribution in [-0.4, -0.2) is 30.8 Å².